The van der Waals surface area contributed by atoms with Gasteiger partial charge in [0.1, 0.15) is 0 Å². The van der Waals surface area contributed by atoms with Crippen molar-refractivity contribution in [3.05, 3.63) is 48.0 Å². The van der Waals surface area contributed by atoms with E-state index in [1.165, 1.54) is 0 Å². The molecule has 0 aliphatic heterocycles. The molecule has 124 valence electrons. The minimum Gasteiger partial charge on any atom is -0.298 e. The summed E-state index contributed by atoms with van der Waals surface area (Å²) in [6.07, 6.45) is 1.62. The van der Waals surface area contributed by atoms with Crippen molar-refractivity contribution in [2.24, 2.45) is 5.92 Å². The van der Waals surface area contributed by atoms with Crippen molar-refractivity contribution in [1.82, 2.24) is 0 Å². The van der Waals surface area contributed by atoms with Crippen molar-refractivity contribution in [1.29, 1.82) is 0 Å². The molecule has 0 fully saturated rings. The van der Waals surface area contributed by atoms with Crippen molar-refractivity contribution < 1.29 is 17.8 Å². The molecule has 0 aliphatic rings. The molecular formula is C18H22O4S. The normalized spacial score (nSPS) is 13.4. The van der Waals surface area contributed by atoms with Crippen molar-refractivity contribution in [3.8, 4) is 0 Å². The summed E-state index contributed by atoms with van der Waals surface area (Å²) < 4.78 is 33.0. The fourth-order valence-electron chi connectivity index (χ4n) is 2.71. The number of Topliss-reactive ketones (excluding diaryl/α,β-unsaturated/α-hetero) is 1. The molecule has 1 unspecified atom stereocenters. The Morgan fingerprint density at radius 3 is 2.35 bits per heavy atom. The molecule has 0 radical (unpaired) electrons. The lowest BCUT2D eigenvalue weighted by atomic mass is 9.99. The van der Waals surface area contributed by atoms with Crippen LogP contribution in [0.15, 0.2) is 42.5 Å². The number of fused-ring (bicyclic) bond motifs is 1. The average molecular weight is 334 g/mol. The molecule has 2 rings (SSSR count). The first-order chi connectivity index (χ1) is 10.8. The largest absolute Gasteiger partial charge is 0.298 e. The Balaban J connectivity index is 2.32. The van der Waals surface area contributed by atoms with Gasteiger partial charge in [-0.05, 0) is 34.7 Å². The van der Waals surface area contributed by atoms with Gasteiger partial charge in [-0.2, -0.15) is 8.42 Å². The van der Waals surface area contributed by atoms with Crippen molar-refractivity contribution in [2.75, 3.05) is 0 Å². The minimum atomic E-state index is -4.49. The van der Waals surface area contributed by atoms with Crippen molar-refractivity contribution in [3.63, 3.8) is 0 Å². The van der Waals surface area contributed by atoms with E-state index in [9.17, 15) is 17.8 Å². The van der Waals surface area contributed by atoms with Gasteiger partial charge in [-0.3, -0.25) is 9.35 Å². The van der Waals surface area contributed by atoms with Gasteiger partial charge in [0.2, 0.25) is 0 Å². The summed E-state index contributed by atoms with van der Waals surface area (Å²) in [7, 11) is -4.49. The summed E-state index contributed by atoms with van der Waals surface area (Å²) in [5, 5.41) is 0.297. The number of carbonyl (C=O) groups excluding carboxylic acids is 1. The standard InChI is InChI=1S/C18H22O4S/c1-13(2)6-5-9-17(19)18(23(20,21)22)16-11-10-14-7-3-4-8-15(14)12-16/h3-4,7-8,10-13,18H,5-6,9H2,1-2H3,(H,20,21,22). The molecule has 0 bridgehead atoms. The Bertz CT molecular complexity index is 794. The lowest BCUT2D eigenvalue weighted by Crippen LogP contribution is -2.21. The molecular weight excluding hydrogens is 312 g/mol. The average Bonchev–Trinajstić information content (AvgIpc) is 2.45. The Hall–Kier alpha value is -1.72. The zero-order chi connectivity index (χ0) is 17.0. The van der Waals surface area contributed by atoms with Crippen LogP contribution in [0, 0.1) is 5.92 Å². The van der Waals surface area contributed by atoms with Gasteiger partial charge in [0.05, 0.1) is 0 Å². The monoisotopic (exact) mass is 334 g/mol. The maximum absolute atomic E-state index is 12.4. The van der Waals surface area contributed by atoms with Crippen LogP contribution in [-0.4, -0.2) is 18.8 Å². The number of benzene rings is 2. The molecule has 2 aromatic carbocycles. The molecule has 1 N–H and O–H groups in total. The third-order valence-corrected chi connectivity index (χ3v) is 5.00. The molecule has 23 heavy (non-hydrogen) atoms. The highest BCUT2D eigenvalue weighted by atomic mass is 32.2. The molecule has 2 aromatic rings. The van der Waals surface area contributed by atoms with Gasteiger partial charge in [0, 0.05) is 6.42 Å². The van der Waals surface area contributed by atoms with E-state index in [0.717, 1.165) is 17.2 Å². The molecule has 0 aromatic heterocycles. The van der Waals surface area contributed by atoms with Gasteiger partial charge in [-0.25, -0.2) is 0 Å². The summed E-state index contributed by atoms with van der Waals surface area (Å²) in [5.41, 5.74) is 0.320. The highest BCUT2D eigenvalue weighted by molar-refractivity contribution is 7.86. The van der Waals surface area contributed by atoms with Crippen LogP contribution in [0.4, 0.5) is 0 Å². The Kier molecular flexibility index (Phi) is 5.55. The van der Waals surface area contributed by atoms with E-state index in [4.69, 9.17) is 0 Å². The molecule has 1 atom stereocenters. The van der Waals surface area contributed by atoms with Crippen LogP contribution in [0.25, 0.3) is 10.8 Å². The SMILES string of the molecule is CC(C)CCCC(=O)C(c1ccc2ccccc2c1)S(=O)(=O)O. The molecule has 0 amide bonds. The maximum Gasteiger partial charge on any atom is 0.279 e. The molecule has 5 heteroatoms. The van der Waals surface area contributed by atoms with E-state index >= 15 is 0 Å². The van der Waals surface area contributed by atoms with E-state index in [1.54, 1.807) is 18.2 Å². The van der Waals surface area contributed by atoms with Gasteiger partial charge in [-0.15, -0.1) is 0 Å². The first kappa shape index (κ1) is 17.6. The summed E-state index contributed by atoms with van der Waals surface area (Å²) >= 11 is 0. The van der Waals surface area contributed by atoms with Crippen LogP contribution in [0.5, 0.6) is 0 Å². The smallest absolute Gasteiger partial charge is 0.279 e. The first-order valence-electron chi connectivity index (χ1n) is 7.76. The van der Waals surface area contributed by atoms with Gasteiger partial charge >= 0.3 is 0 Å². The fourth-order valence-corrected chi connectivity index (χ4v) is 3.65. The second-order valence-electron chi connectivity index (χ2n) is 6.25. The summed E-state index contributed by atoms with van der Waals surface area (Å²) in [6, 6.07) is 12.5. The summed E-state index contributed by atoms with van der Waals surface area (Å²) in [5.74, 6) is -0.00363. The van der Waals surface area contributed by atoms with Crippen LogP contribution in [0.1, 0.15) is 43.9 Å². The van der Waals surface area contributed by atoms with Crippen LogP contribution in [-0.2, 0) is 14.9 Å². The van der Waals surface area contributed by atoms with Crippen LogP contribution >= 0.6 is 0 Å². The Labute approximate surface area is 137 Å². The fraction of sp³-hybridized carbons (Fsp3) is 0.389. The highest BCUT2D eigenvalue weighted by Crippen LogP contribution is 2.28. The van der Waals surface area contributed by atoms with Gasteiger partial charge in [0.25, 0.3) is 10.1 Å². The highest BCUT2D eigenvalue weighted by Gasteiger charge is 2.32. The maximum atomic E-state index is 12.4. The number of hydrogen-bond acceptors (Lipinski definition) is 3. The van der Waals surface area contributed by atoms with Crippen LogP contribution in [0.2, 0.25) is 0 Å². The van der Waals surface area contributed by atoms with E-state index in [2.05, 4.69) is 0 Å². The third-order valence-electron chi connectivity index (χ3n) is 3.87. The minimum absolute atomic E-state index is 0.148. The van der Waals surface area contributed by atoms with E-state index in [1.807, 2.05) is 38.1 Å². The molecule has 0 heterocycles. The van der Waals surface area contributed by atoms with Crippen molar-refractivity contribution in [2.45, 2.75) is 38.4 Å². The zero-order valence-electron chi connectivity index (χ0n) is 13.4. The number of rotatable bonds is 7. The Morgan fingerprint density at radius 2 is 1.74 bits per heavy atom. The summed E-state index contributed by atoms with van der Waals surface area (Å²) in [4.78, 5) is 12.4. The second-order valence-corrected chi connectivity index (χ2v) is 7.76. The number of hydrogen-bond donors (Lipinski definition) is 1. The number of carbonyl (C=O) groups is 1. The quantitative estimate of drug-likeness (QED) is 0.772. The van der Waals surface area contributed by atoms with Gasteiger partial charge in [0.15, 0.2) is 11.0 Å². The predicted molar refractivity (Wildman–Crippen MR) is 91.9 cm³/mol. The molecule has 0 aliphatic carbocycles. The lowest BCUT2D eigenvalue weighted by molar-refractivity contribution is -0.119. The topological polar surface area (TPSA) is 71.4 Å². The first-order valence-corrected chi connectivity index (χ1v) is 9.27. The van der Waals surface area contributed by atoms with E-state index in [-0.39, 0.29) is 6.42 Å². The molecule has 0 saturated heterocycles. The van der Waals surface area contributed by atoms with Gasteiger partial charge in [-0.1, -0.05) is 56.7 Å². The van der Waals surface area contributed by atoms with Crippen molar-refractivity contribution >= 4 is 26.7 Å². The lowest BCUT2D eigenvalue weighted by Gasteiger charge is -2.14. The van der Waals surface area contributed by atoms with Gasteiger partial charge < -0.3 is 0 Å². The zero-order valence-corrected chi connectivity index (χ0v) is 14.2. The molecule has 0 saturated carbocycles. The van der Waals surface area contributed by atoms with Crippen LogP contribution in [0.3, 0.4) is 0 Å². The van der Waals surface area contributed by atoms with E-state index < -0.39 is 21.2 Å². The molecule has 0 spiro atoms. The molecule has 4 nitrogen and oxygen atoms in total. The summed E-state index contributed by atoms with van der Waals surface area (Å²) in [6.45, 7) is 4.10. The van der Waals surface area contributed by atoms with Crippen LogP contribution < -0.4 is 0 Å². The third kappa shape index (κ3) is 4.62. The predicted octanol–water partition coefficient (Wildman–Crippen LogP) is 4.16. The Morgan fingerprint density at radius 1 is 1.09 bits per heavy atom. The van der Waals surface area contributed by atoms with E-state index in [0.29, 0.717) is 17.9 Å². The second kappa shape index (κ2) is 7.23. The number of ketones is 1.